The molecule has 0 heterocycles. The van der Waals surface area contributed by atoms with Gasteiger partial charge in [0.05, 0.1) is 24.5 Å². The Bertz CT molecular complexity index is 732. The number of carbonyl (C=O) groups excluding carboxylic acids is 1. The molecule has 2 aromatic carbocycles. The van der Waals surface area contributed by atoms with E-state index in [1.54, 1.807) is 25.3 Å². The number of hydrogen-bond acceptors (Lipinski definition) is 4. The lowest BCUT2D eigenvalue weighted by Gasteiger charge is -2.17. The summed E-state index contributed by atoms with van der Waals surface area (Å²) in [5.74, 6) is -0.308. The predicted molar refractivity (Wildman–Crippen MR) is 93.7 cm³/mol. The van der Waals surface area contributed by atoms with E-state index in [-0.39, 0.29) is 23.3 Å². The van der Waals surface area contributed by atoms with Gasteiger partial charge in [0.25, 0.3) is 0 Å². The molecule has 0 fully saturated rings. The molecule has 0 aliphatic rings. The van der Waals surface area contributed by atoms with E-state index in [4.69, 9.17) is 9.84 Å². The number of aromatic carboxylic acids is 1. The first-order chi connectivity index (χ1) is 11.5. The van der Waals surface area contributed by atoms with Crippen LogP contribution in [0, 0.1) is 0 Å². The zero-order valence-corrected chi connectivity index (χ0v) is 14.3. The van der Waals surface area contributed by atoms with E-state index in [0.717, 1.165) is 5.56 Å². The van der Waals surface area contributed by atoms with E-state index in [9.17, 15) is 9.59 Å². The number of rotatable bonds is 7. The number of thioether (sulfide) groups is 1. The van der Waals surface area contributed by atoms with Gasteiger partial charge in [-0.05, 0) is 25.1 Å². The lowest BCUT2D eigenvalue weighted by Crippen LogP contribution is -2.28. The summed E-state index contributed by atoms with van der Waals surface area (Å²) in [5.41, 5.74) is 1.09. The van der Waals surface area contributed by atoms with Crippen molar-refractivity contribution in [2.45, 2.75) is 17.9 Å². The number of amides is 1. The Morgan fingerprint density at radius 1 is 1.17 bits per heavy atom. The molecule has 5 nitrogen and oxygen atoms in total. The Morgan fingerprint density at radius 2 is 1.83 bits per heavy atom. The van der Waals surface area contributed by atoms with Gasteiger partial charge >= 0.3 is 5.97 Å². The molecule has 0 aliphatic carbocycles. The van der Waals surface area contributed by atoms with Crippen LogP contribution in [0.15, 0.2) is 53.4 Å². The van der Waals surface area contributed by atoms with Crippen molar-refractivity contribution in [3.8, 4) is 5.75 Å². The fourth-order valence-corrected chi connectivity index (χ4v) is 3.15. The summed E-state index contributed by atoms with van der Waals surface area (Å²) >= 11 is 1.21. The van der Waals surface area contributed by atoms with Crippen LogP contribution < -0.4 is 10.1 Å². The average molecular weight is 345 g/mol. The summed E-state index contributed by atoms with van der Waals surface area (Å²) in [7, 11) is 1.59. The summed E-state index contributed by atoms with van der Waals surface area (Å²) in [6, 6.07) is 13.9. The second kappa shape index (κ2) is 8.40. The molecule has 0 aromatic heterocycles. The molecule has 2 aromatic rings. The number of carboxylic acids is 1. The summed E-state index contributed by atoms with van der Waals surface area (Å²) in [5, 5.41) is 12.1. The minimum absolute atomic E-state index is 0.143. The van der Waals surface area contributed by atoms with Crippen molar-refractivity contribution in [1.29, 1.82) is 0 Å². The van der Waals surface area contributed by atoms with Crippen molar-refractivity contribution in [3.63, 3.8) is 0 Å². The Balaban J connectivity index is 1.98. The van der Waals surface area contributed by atoms with Crippen LogP contribution in [0.3, 0.4) is 0 Å². The van der Waals surface area contributed by atoms with Crippen molar-refractivity contribution >= 4 is 23.6 Å². The monoisotopic (exact) mass is 345 g/mol. The minimum atomic E-state index is -0.999. The Labute approximate surface area is 145 Å². The van der Waals surface area contributed by atoms with E-state index in [0.29, 0.717) is 10.6 Å². The van der Waals surface area contributed by atoms with Crippen LogP contribution in [0.1, 0.15) is 28.9 Å². The molecule has 0 spiro atoms. The van der Waals surface area contributed by atoms with Crippen LogP contribution >= 0.6 is 11.8 Å². The van der Waals surface area contributed by atoms with Gasteiger partial charge < -0.3 is 15.2 Å². The normalized spacial score (nSPS) is 11.6. The lowest BCUT2D eigenvalue weighted by atomic mass is 10.1. The smallest absolute Gasteiger partial charge is 0.336 e. The molecule has 1 atom stereocenters. The first-order valence-electron chi connectivity index (χ1n) is 7.40. The highest BCUT2D eigenvalue weighted by Gasteiger charge is 2.15. The van der Waals surface area contributed by atoms with Gasteiger partial charge in [-0.3, -0.25) is 4.79 Å². The first-order valence-corrected chi connectivity index (χ1v) is 8.39. The van der Waals surface area contributed by atoms with Crippen molar-refractivity contribution < 1.29 is 19.4 Å². The molecule has 2 N–H and O–H groups in total. The average Bonchev–Trinajstić information content (AvgIpc) is 2.60. The standard InChI is InChI=1S/C18H19NO4S/c1-12(13-7-3-5-9-15(13)23-2)19-17(20)11-24-16-10-6-4-8-14(16)18(21)22/h3-10,12H,11H2,1-2H3,(H,19,20)(H,21,22). The number of ether oxygens (including phenoxy) is 1. The minimum Gasteiger partial charge on any atom is -0.496 e. The molecular weight excluding hydrogens is 326 g/mol. The van der Waals surface area contributed by atoms with Crippen molar-refractivity contribution in [3.05, 3.63) is 59.7 Å². The first kappa shape index (κ1) is 17.9. The van der Waals surface area contributed by atoms with Crippen LogP contribution in [-0.2, 0) is 4.79 Å². The maximum Gasteiger partial charge on any atom is 0.336 e. The van der Waals surface area contributed by atoms with Crippen molar-refractivity contribution in [2.24, 2.45) is 0 Å². The van der Waals surface area contributed by atoms with Crippen LogP contribution in [-0.4, -0.2) is 29.8 Å². The van der Waals surface area contributed by atoms with Gasteiger partial charge in [-0.1, -0.05) is 30.3 Å². The molecule has 24 heavy (non-hydrogen) atoms. The summed E-state index contributed by atoms with van der Waals surface area (Å²) in [6.45, 7) is 1.88. The van der Waals surface area contributed by atoms with Gasteiger partial charge in [-0.25, -0.2) is 4.79 Å². The van der Waals surface area contributed by atoms with Gasteiger partial charge in [0.15, 0.2) is 0 Å². The maximum absolute atomic E-state index is 12.2. The van der Waals surface area contributed by atoms with E-state index >= 15 is 0 Å². The SMILES string of the molecule is COc1ccccc1C(C)NC(=O)CSc1ccccc1C(=O)O. The van der Waals surface area contributed by atoms with Gasteiger partial charge in [-0.2, -0.15) is 0 Å². The molecule has 6 heteroatoms. The molecule has 0 aliphatic heterocycles. The van der Waals surface area contributed by atoms with Crippen LogP contribution in [0.2, 0.25) is 0 Å². The molecule has 1 amide bonds. The van der Waals surface area contributed by atoms with Gasteiger partial charge in [-0.15, -0.1) is 11.8 Å². The molecule has 0 saturated carbocycles. The van der Waals surface area contributed by atoms with Crippen LogP contribution in [0.25, 0.3) is 0 Å². The zero-order chi connectivity index (χ0) is 17.5. The van der Waals surface area contributed by atoms with E-state index in [1.807, 2.05) is 31.2 Å². The highest BCUT2D eigenvalue weighted by atomic mass is 32.2. The molecule has 126 valence electrons. The third-order valence-corrected chi connectivity index (χ3v) is 4.53. The van der Waals surface area contributed by atoms with E-state index in [2.05, 4.69) is 5.32 Å². The number of methoxy groups -OCH3 is 1. The molecule has 1 unspecified atom stereocenters. The Kier molecular flexibility index (Phi) is 6.26. The fraction of sp³-hybridized carbons (Fsp3) is 0.222. The van der Waals surface area contributed by atoms with Crippen LogP contribution in [0.5, 0.6) is 5.75 Å². The van der Waals surface area contributed by atoms with Gasteiger partial charge in [0.2, 0.25) is 5.91 Å². The molecule has 0 bridgehead atoms. The molecule has 0 radical (unpaired) electrons. The number of carbonyl (C=O) groups is 2. The number of para-hydroxylation sites is 1. The summed E-state index contributed by atoms with van der Waals surface area (Å²) in [4.78, 5) is 23.9. The highest BCUT2D eigenvalue weighted by Crippen LogP contribution is 2.25. The predicted octanol–water partition coefficient (Wildman–Crippen LogP) is 3.36. The Hall–Kier alpha value is -2.47. The highest BCUT2D eigenvalue weighted by molar-refractivity contribution is 8.00. The van der Waals surface area contributed by atoms with Gasteiger partial charge in [0, 0.05) is 10.5 Å². The van der Waals surface area contributed by atoms with Crippen LogP contribution in [0.4, 0.5) is 0 Å². The fourth-order valence-electron chi connectivity index (χ4n) is 2.30. The molecular formula is C18H19NO4S. The maximum atomic E-state index is 12.2. The van der Waals surface area contributed by atoms with E-state index in [1.165, 1.54) is 17.8 Å². The number of hydrogen-bond donors (Lipinski definition) is 2. The number of nitrogens with one attached hydrogen (secondary N) is 1. The van der Waals surface area contributed by atoms with Crippen molar-refractivity contribution in [1.82, 2.24) is 5.32 Å². The topological polar surface area (TPSA) is 75.6 Å². The second-order valence-electron chi connectivity index (χ2n) is 5.12. The second-order valence-corrected chi connectivity index (χ2v) is 6.14. The van der Waals surface area contributed by atoms with E-state index < -0.39 is 5.97 Å². The third-order valence-electron chi connectivity index (χ3n) is 3.46. The largest absolute Gasteiger partial charge is 0.496 e. The third kappa shape index (κ3) is 4.52. The molecule has 0 saturated heterocycles. The van der Waals surface area contributed by atoms with Gasteiger partial charge in [0.1, 0.15) is 5.75 Å². The lowest BCUT2D eigenvalue weighted by molar-refractivity contribution is -0.119. The quantitative estimate of drug-likeness (QED) is 0.753. The summed E-state index contributed by atoms with van der Waals surface area (Å²) < 4.78 is 5.30. The Morgan fingerprint density at radius 3 is 2.54 bits per heavy atom. The summed E-state index contributed by atoms with van der Waals surface area (Å²) in [6.07, 6.45) is 0. The zero-order valence-electron chi connectivity index (χ0n) is 13.5. The van der Waals surface area contributed by atoms with Crippen molar-refractivity contribution in [2.75, 3.05) is 12.9 Å². The number of benzene rings is 2. The number of carboxylic acid groups (broad SMARTS) is 1. The molecule has 2 rings (SSSR count).